The van der Waals surface area contributed by atoms with Crippen LogP contribution in [0.1, 0.15) is 18.4 Å². The topological polar surface area (TPSA) is 29.5 Å². The Hall–Kier alpha value is -1.28. The predicted octanol–water partition coefficient (Wildman–Crippen LogP) is 2.49. The van der Waals surface area contributed by atoms with Crippen molar-refractivity contribution in [2.45, 2.75) is 25.6 Å². The van der Waals surface area contributed by atoms with Crippen molar-refractivity contribution in [3.63, 3.8) is 0 Å². The normalized spacial score (nSPS) is 17.1. The van der Waals surface area contributed by atoms with E-state index in [9.17, 15) is 5.11 Å². The summed E-state index contributed by atoms with van der Waals surface area (Å²) in [6.07, 6.45) is 1.71. The molecule has 0 heterocycles. The van der Waals surface area contributed by atoms with Crippen molar-refractivity contribution in [2.75, 3.05) is 0 Å². The number of rotatable bonds is 5. The molecule has 80 valence electrons. The summed E-state index contributed by atoms with van der Waals surface area (Å²) in [6, 6.07) is 9.91. The molecule has 0 aliphatic heterocycles. The van der Waals surface area contributed by atoms with Crippen LogP contribution in [0.5, 0.6) is 0 Å². The van der Waals surface area contributed by atoms with Crippen molar-refractivity contribution in [1.82, 2.24) is 0 Å². The third kappa shape index (κ3) is 2.83. The molecule has 2 rings (SSSR count). The van der Waals surface area contributed by atoms with Gasteiger partial charge in [-0.05, 0) is 24.3 Å². The molecule has 1 atom stereocenters. The van der Waals surface area contributed by atoms with Crippen LogP contribution in [0.15, 0.2) is 42.7 Å². The van der Waals surface area contributed by atoms with Crippen LogP contribution in [0.4, 0.5) is 0 Å². The highest BCUT2D eigenvalue weighted by molar-refractivity contribution is 5.14. The van der Waals surface area contributed by atoms with E-state index >= 15 is 0 Å². The van der Waals surface area contributed by atoms with Crippen LogP contribution >= 0.6 is 0 Å². The van der Waals surface area contributed by atoms with Crippen molar-refractivity contribution in [2.24, 2.45) is 5.92 Å². The maximum Gasteiger partial charge on any atom is 0.118 e. The maximum absolute atomic E-state index is 9.71. The molecular formula is C13H16O2. The van der Waals surface area contributed by atoms with Gasteiger partial charge in [0, 0.05) is 0 Å². The lowest BCUT2D eigenvalue weighted by Crippen LogP contribution is -2.14. The van der Waals surface area contributed by atoms with E-state index in [0.717, 1.165) is 18.4 Å². The van der Waals surface area contributed by atoms with Crippen LogP contribution in [0.3, 0.4) is 0 Å². The van der Waals surface area contributed by atoms with E-state index < -0.39 is 6.10 Å². The summed E-state index contributed by atoms with van der Waals surface area (Å²) in [7, 11) is 0. The van der Waals surface area contributed by atoms with Gasteiger partial charge >= 0.3 is 0 Å². The van der Waals surface area contributed by atoms with E-state index in [1.54, 1.807) is 0 Å². The van der Waals surface area contributed by atoms with E-state index in [0.29, 0.717) is 18.3 Å². The van der Waals surface area contributed by atoms with Gasteiger partial charge in [0.05, 0.1) is 0 Å². The number of benzene rings is 1. The Balaban J connectivity index is 1.80. The molecule has 1 aliphatic carbocycles. The van der Waals surface area contributed by atoms with Gasteiger partial charge in [-0.25, -0.2) is 0 Å². The smallest absolute Gasteiger partial charge is 0.118 e. The zero-order valence-corrected chi connectivity index (χ0v) is 8.73. The van der Waals surface area contributed by atoms with Gasteiger partial charge in [-0.15, -0.1) is 0 Å². The van der Waals surface area contributed by atoms with Gasteiger partial charge in [0.2, 0.25) is 0 Å². The van der Waals surface area contributed by atoms with Crippen LogP contribution in [0, 0.1) is 5.92 Å². The molecule has 1 N–H and O–H groups in total. The molecule has 1 aliphatic rings. The van der Waals surface area contributed by atoms with Gasteiger partial charge < -0.3 is 9.84 Å². The van der Waals surface area contributed by atoms with E-state index in [1.165, 1.54) is 0 Å². The SMILES string of the molecule is C=C(OCc1ccccc1)C(O)C1CC1. The van der Waals surface area contributed by atoms with Crippen molar-refractivity contribution in [1.29, 1.82) is 0 Å². The highest BCUT2D eigenvalue weighted by atomic mass is 16.5. The Labute approximate surface area is 90.2 Å². The van der Waals surface area contributed by atoms with Crippen molar-refractivity contribution < 1.29 is 9.84 Å². The lowest BCUT2D eigenvalue weighted by Gasteiger charge is -2.14. The molecule has 0 aromatic heterocycles. The van der Waals surface area contributed by atoms with Gasteiger partial charge in [-0.1, -0.05) is 36.9 Å². The molecule has 1 saturated carbocycles. The molecule has 1 fully saturated rings. The Morgan fingerprint density at radius 1 is 1.40 bits per heavy atom. The Morgan fingerprint density at radius 2 is 2.07 bits per heavy atom. The van der Waals surface area contributed by atoms with E-state index in [2.05, 4.69) is 6.58 Å². The minimum absolute atomic E-state index is 0.383. The third-order valence-corrected chi connectivity index (χ3v) is 2.67. The fraction of sp³-hybridized carbons (Fsp3) is 0.385. The number of hydrogen-bond donors (Lipinski definition) is 1. The summed E-state index contributed by atoms with van der Waals surface area (Å²) >= 11 is 0. The molecule has 0 amide bonds. The molecule has 1 unspecified atom stereocenters. The van der Waals surface area contributed by atoms with Gasteiger partial charge in [0.25, 0.3) is 0 Å². The summed E-state index contributed by atoms with van der Waals surface area (Å²) in [5, 5.41) is 9.71. The van der Waals surface area contributed by atoms with Gasteiger partial charge in [-0.3, -0.25) is 0 Å². The second-order valence-electron chi connectivity index (χ2n) is 4.02. The molecule has 2 heteroatoms. The molecule has 1 aromatic carbocycles. The zero-order chi connectivity index (χ0) is 10.7. The van der Waals surface area contributed by atoms with Gasteiger partial charge in [0.1, 0.15) is 18.5 Å². The minimum Gasteiger partial charge on any atom is -0.491 e. The largest absolute Gasteiger partial charge is 0.491 e. The van der Waals surface area contributed by atoms with Crippen LogP contribution in [-0.2, 0) is 11.3 Å². The van der Waals surface area contributed by atoms with E-state index in [-0.39, 0.29) is 0 Å². The number of aliphatic hydroxyl groups is 1. The summed E-state index contributed by atoms with van der Waals surface area (Å²) in [5.41, 5.74) is 1.10. The Morgan fingerprint density at radius 3 is 2.67 bits per heavy atom. The summed E-state index contributed by atoms with van der Waals surface area (Å²) in [4.78, 5) is 0. The molecule has 15 heavy (non-hydrogen) atoms. The first-order valence-electron chi connectivity index (χ1n) is 5.31. The van der Waals surface area contributed by atoms with Crippen molar-refractivity contribution in [3.05, 3.63) is 48.2 Å². The van der Waals surface area contributed by atoms with Crippen molar-refractivity contribution in [3.8, 4) is 0 Å². The fourth-order valence-corrected chi connectivity index (χ4v) is 1.51. The zero-order valence-electron chi connectivity index (χ0n) is 8.73. The van der Waals surface area contributed by atoms with Gasteiger partial charge in [0.15, 0.2) is 0 Å². The first kappa shape index (κ1) is 10.2. The van der Waals surface area contributed by atoms with Crippen LogP contribution in [-0.4, -0.2) is 11.2 Å². The minimum atomic E-state index is -0.478. The number of hydrogen-bond acceptors (Lipinski definition) is 2. The standard InChI is InChI=1S/C13H16O2/c1-10(13(14)12-7-8-12)15-9-11-5-3-2-4-6-11/h2-6,12-14H,1,7-9H2. The summed E-state index contributed by atoms with van der Waals surface area (Å²) in [6.45, 7) is 4.25. The van der Waals surface area contributed by atoms with Crippen molar-refractivity contribution >= 4 is 0 Å². The van der Waals surface area contributed by atoms with Crippen LogP contribution in [0.2, 0.25) is 0 Å². The first-order valence-corrected chi connectivity index (χ1v) is 5.31. The number of aliphatic hydroxyl groups excluding tert-OH is 1. The highest BCUT2D eigenvalue weighted by Gasteiger charge is 2.32. The summed E-state index contributed by atoms with van der Waals surface area (Å²) in [5.74, 6) is 0.884. The predicted molar refractivity (Wildman–Crippen MR) is 59.1 cm³/mol. The summed E-state index contributed by atoms with van der Waals surface area (Å²) < 4.78 is 5.45. The second kappa shape index (κ2) is 4.49. The maximum atomic E-state index is 9.71. The monoisotopic (exact) mass is 204 g/mol. The molecule has 0 bridgehead atoms. The Bertz CT molecular complexity index is 328. The second-order valence-corrected chi connectivity index (χ2v) is 4.02. The lowest BCUT2D eigenvalue weighted by atomic mass is 10.2. The fourth-order valence-electron chi connectivity index (χ4n) is 1.51. The highest BCUT2D eigenvalue weighted by Crippen LogP contribution is 2.35. The first-order chi connectivity index (χ1) is 7.27. The molecular weight excluding hydrogens is 188 g/mol. The molecule has 0 radical (unpaired) electrons. The molecule has 2 nitrogen and oxygen atoms in total. The van der Waals surface area contributed by atoms with E-state index in [1.807, 2.05) is 30.3 Å². The molecule has 0 saturated heterocycles. The van der Waals surface area contributed by atoms with Gasteiger partial charge in [-0.2, -0.15) is 0 Å². The number of ether oxygens (including phenoxy) is 1. The average Bonchev–Trinajstić information content (AvgIpc) is 3.10. The lowest BCUT2D eigenvalue weighted by molar-refractivity contribution is 0.0828. The van der Waals surface area contributed by atoms with E-state index in [4.69, 9.17) is 4.74 Å². The quantitative estimate of drug-likeness (QED) is 0.747. The molecule has 1 aromatic rings. The van der Waals surface area contributed by atoms with Crippen LogP contribution in [0.25, 0.3) is 0 Å². The average molecular weight is 204 g/mol. The molecule has 0 spiro atoms. The third-order valence-electron chi connectivity index (χ3n) is 2.67. The Kier molecular flexibility index (Phi) is 3.07. The van der Waals surface area contributed by atoms with Crippen LogP contribution < -0.4 is 0 Å².